The molecule has 1 aromatic carbocycles. The Morgan fingerprint density at radius 3 is 2.67 bits per heavy atom. The molecule has 3 nitrogen and oxygen atoms in total. The molecule has 0 bridgehead atoms. The average molecular weight is 321 g/mol. The van der Waals surface area contributed by atoms with Crippen molar-refractivity contribution in [3.63, 3.8) is 0 Å². The van der Waals surface area contributed by atoms with Gasteiger partial charge in [0.15, 0.2) is 11.6 Å². The number of nitrogens with zero attached hydrogens (tertiary/aromatic N) is 2. The van der Waals surface area contributed by atoms with Gasteiger partial charge in [0.05, 0.1) is 23.5 Å². The van der Waals surface area contributed by atoms with Crippen LogP contribution >= 0.6 is 15.9 Å². The second-order valence-corrected chi connectivity index (χ2v) is 4.27. The number of aromatic nitrogens is 2. The topological polar surface area (TPSA) is 27.1 Å². The SMILES string of the molecule is COc1ccc(-c2c(Br)cnn2C(F)F)cc1F. The van der Waals surface area contributed by atoms with Crippen molar-refractivity contribution in [1.29, 1.82) is 0 Å². The Kier molecular flexibility index (Phi) is 3.60. The summed E-state index contributed by atoms with van der Waals surface area (Å²) in [6, 6.07) is 3.99. The third kappa shape index (κ3) is 2.22. The molecular weight excluding hydrogens is 313 g/mol. The van der Waals surface area contributed by atoms with Gasteiger partial charge in [-0.15, -0.1) is 0 Å². The minimum Gasteiger partial charge on any atom is -0.494 e. The first-order valence-electron chi connectivity index (χ1n) is 4.89. The minimum absolute atomic E-state index is 0.0537. The molecule has 0 fully saturated rings. The number of hydrogen-bond donors (Lipinski definition) is 0. The van der Waals surface area contributed by atoms with Gasteiger partial charge in [-0.05, 0) is 34.1 Å². The fourth-order valence-electron chi connectivity index (χ4n) is 1.57. The summed E-state index contributed by atoms with van der Waals surface area (Å²) in [7, 11) is 1.33. The zero-order chi connectivity index (χ0) is 13.3. The zero-order valence-electron chi connectivity index (χ0n) is 9.20. The third-order valence-electron chi connectivity index (χ3n) is 2.36. The van der Waals surface area contributed by atoms with Crippen LogP contribution in [-0.4, -0.2) is 16.9 Å². The zero-order valence-corrected chi connectivity index (χ0v) is 10.8. The first kappa shape index (κ1) is 12.9. The molecule has 96 valence electrons. The molecule has 0 atom stereocenters. The molecule has 0 spiro atoms. The largest absolute Gasteiger partial charge is 0.494 e. The molecule has 7 heteroatoms. The summed E-state index contributed by atoms with van der Waals surface area (Å²) < 4.78 is 44.7. The van der Waals surface area contributed by atoms with Crippen LogP contribution in [0.2, 0.25) is 0 Å². The highest BCUT2D eigenvalue weighted by atomic mass is 79.9. The molecule has 2 aromatic rings. The Labute approximate surface area is 109 Å². The van der Waals surface area contributed by atoms with Gasteiger partial charge in [-0.1, -0.05) is 0 Å². The van der Waals surface area contributed by atoms with Gasteiger partial charge in [0, 0.05) is 5.56 Å². The first-order chi connectivity index (χ1) is 8.54. The molecule has 0 aliphatic rings. The van der Waals surface area contributed by atoms with Crippen LogP contribution in [0.1, 0.15) is 6.55 Å². The van der Waals surface area contributed by atoms with Crippen LogP contribution in [-0.2, 0) is 0 Å². The molecule has 0 unspecified atom stereocenters. The maximum atomic E-state index is 13.5. The third-order valence-corrected chi connectivity index (χ3v) is 2.94. The molecule has 0 saturated heterocycles. The summed E-state index contributed by atoms with van der Waals surface area (Å²) in [6.45, 7) is -2.79. The summed E-state index contributed by atoms with van der Waals surface area (Å²) in [5.41, 5.74) is 0.407. The second kappa shape index (κ2) is 5.01. The van der Waals surface area contributed by atoms with Crippen LogP contribution in [0, 0.1) is 5.82 Å². The molecule has 0 saturated carbocycles. The van der Waals surface area contributed by atoms with E-state index in [0.717, 1.165) is 6.07 Å². The highest BCUT2D eigenvalue weighted by Crippen LogP contribution is 2.33. The molecule has 0 amide bonds. The number of methoxy groups -OCH3 is 1. The van der Waals surface area contributed by atoms with Crippen molar-refractivity contribution in [3.05, 3.63) is 34.7 Å². The standard InChI is InChI=1S/C11H8BrF3N2O/c1-18-9-3-2-6(4-8(9)13)10-7(12)5-16-17(10)11(14)15/h2-5,11H,1H3. The van der Waals surface area contributed by atoms with Crippen molar-refractivity contribution in [2.24, 2.45) is 0 Å². The van der Waals surface area contributed by atoms with E-state index >= 15 is 0 Å². The Bertz CT molecular complexity index is 571. The van der Waals surface area contributed by atoms with Crippen molar-refractivity contribution >= 4 is 15.9 Å². The van der Waals surface area contributed by atoms with Crippen LogP contribution in [0.5, 0.6) is 5.75 Å². The van der Waals surface area contributed by atoms with E-state index in [1.54, 1.807) is 0 Å². The summed E-state index contributed by atoms with van der Waals surface area (Å²) in [4.78, 5) is 0. The van der Waals surface area contributed by atoms with Gasteiger partial charge in [-0.2, -0.15) is 13.9 Å². The van der Waals surface area contributed by atoms with E-state index in [0.29, 0.717) is 9.15 Å². The molecule has 0 N–H and O–H groups in total. The lowest BCUT2D eigenvalue weighted by Gasteiger charge is -2.08. The number of rotatable bonds is 3. The number of halogens is 4. The predicted octanol–water partition coefficient (Wildman–Crippen LogP) is 3.86. The Morgan fingerprint density at radius 2 is 2.11 bits per heavy atom. The number of hydrogen-bond acceptors (Lipinski definition) is 2. The van der Waals surface area contributed by atoms with E-state index in [4.69, 9.17) is 4.74 Å². The lowest BCUT2D eigenvalue weighted by atomic mass is 10.1. The van der Waals surface area contributed by atoms with E-state index in [1.165, 1.54) is 25.4 Å². The average Bonchev–Trinajstić information content (AvgIpc) is 2.71. The quantitative estimate of drug-likeness (QED) is 0.858. The van der Waals surface area contributed by atoms with Gasteiger partial charge in [-0.25, -0.2) is 9.07 Å². The van der Waals surface area contributed by atoms with Gasteiger partial charge >= 0.3 is 6.55 Å². The molecule has 18 heavy (non-hydrogen) atoms. The van der Waals surface area contributed by atoms with Crippen molar-refractivity contribution in [1.82, 2.24) is 9.78 Å². The molecule has 1 aromatic heterocycles. The highest BCUT2D eigenvalue weighted by Gasteiger charge is 2.18. The van der Waals surface area contributed by atoms with Gasteiger partial charge in [-0.3, -0.25) is 0 Å². The Morgan fingerprint density at radius 1 is 1.39 bits per heavy atom. The minimum atomic E-state index is -2.79. The van der Waals surface area contributed by atoms with Crippen molar-refractivity contribution in [2.45, 2.75) is 6.55 Å². The fourth-order valence-corrected chi connectivity index (χ4v) is 2.08. The lowest BCUT2D eigenvalue weighted by molar-refractivity contribution is 0.0585. The number of benzene rings is 1. The summed E-state index contributed by atoms with van der Waals surface area (Å²) >= 11 is 3.11. The van der Waals surface area contributed by atoms with Gasteiger partial charge in [0.2, 0.25) is 0 Å². The summed E-state index contributed by atoms with van der Waals surface area (Å²) in [5.74, 6) is -0.568. The Hall–Kier alpha value is -1.50. The monoisotopic (exact) mass is 320 g/mol. The maximum absolute atomic E-state index is 13.5. The normalized spacial score (nSPS) is 11.0. The van der Waals surface area contributed by atoms with E-state index in [9.17, 15) is 13.2 Å². The predicted molar refractivity (Wildman–Crippen MR) is 63.1 cm³/mol. The van der Waals surface area contributed by atoms with Crippen LogP contribution in [0.15, 0.2) is 28.9 Å². The molecule has 1 heterocycles. The first-order valence-corrected chi connectivity index (χ1v) is 5.69. The van der Waals surface area contributed by atoms with Crippen LogP contribution in [0.3, 0.4) is 0 Å². The Balaban J connectivity index is 2.55. The summed E-state index contributed by atoms with van der Waals surface area (Å²) in [5, 5.41) is 3.53. The van der Waals surface area contributed by atoms with Crippen molar-refractivity contribution in [2.75, 3.05) is 7.11 Å². The van der Waals surface area contributed by atoms with Gasteiger partial charge < -0.3 is 4.74 Å². The molecular formula is C11H8BrF3N2O. The van der Waals surface area contributed by atoms with Gasteiger partial charge in [0.1, 0.15) is 0 Å². The highest BCUT2D eigenvalue weighted by molar-refractivity contribution is 9.10. The summed E-state index contributed by atoms with van der Waals surface area (Å²) in [6.07, 6.45) is 1.24. The lowest BCUT2D eigenvalue weighted by Crippen LogP contribution is -2.02. The molecule has 2 rings (SSSR count). The van der Waals surface area contributed by atoms with Gasteiger partial charge in [0.25, 0.3) is 0 Å². The van der Waals surface area contributed by atoms with Crippen molar-refractivity contribution < 1.29 is 17.9 Å². The molecule has 0 aliphatic carbocycles. The van der Waals surface area contributed by atoms with Crippen molar-refractivity contribution in [3.8, 4) is 17.0 Å². The van der Waals surface area contributed by atoms with E-state index in [-0.39, 0.29) is 17.0 Å². The van der Waals surface area contributed by atoms with E-state index in [2.05, 4.69) is 21.0 Å². The smallest absolute Gasteiger partial charge is 0.333 e. The van der Waals surface area contributed by atoms with Crippen LogP contribution in [0.25, 0.3) is 11.3 Å². The number of ether oxygens (including phenoxy) is 1. The van der Waals surface area contributed by atoms with E-state index in [1.807, 2.05) is 0 Å². The van der Waals surface area contributed by atoms with Crippen LogP contribution in [0.4, 0.5) is 13.2 Å². The maximum Gasteiger partial charge on any atom is 0.333 e. The second-order valence-electron chi connectivity index (χ2n) is 3.41. The fraction of sp³-hybridized carbons (Fsp3) is 0.182. The molecule has 0 aliphatic heterocycles. The number of alkyl halides is 2. The van der Waals surface area contributed by atoms with Crippen LogP contribution < -0.4 is 4.74 Å². The molecule has 0 radical (unpaired) electrons. The van der Waals surface area contributed by atoms with E-state index < -0.39 is 12.4 Å².